The molecule has 1 heterocycles. The quantitative estimate of drug-likeness (QED) is 0.261. The van der Waals surface area contributed by atoms with E-state index in [1.54, 1.807) is 0 Å². The van der Waals surface area contributed by atoms with Gasteiger partial charge in [0.2, 0.25) is 0 Å². The van der Waals surface area contributed by atoms with E-state index in [0.29, 0.717) is 18.3 Å². The average molecular weight is 619 g/mol. The van der Waals surface area contributed by atoms with Crippen LogP contribution in [0, 0.1) is 56.2 Å². The molecule has 44 heavy (non-hydrogen) atoms. The van der Waals surface area contributed by atoms with Crippen molar-refractivity contribution in [1.82, 2.24) is 0 Å². The lowest BCUT2D eigenvalue weighted by atomic mass is 9.33. The minimum atomic E-state index is -1.42. The van der Waals surface area contributed by atoms with E-state index in [2.05, 4.69) is 54.5 Å². The molecule has 0 spiro atoms. The summed E-state index contributed by atoms with van der Waals surface area (Å²) in [6.07, 6.45) is 6.92. The highest BCUT2D eigenvalue weighted by Gasteiger charge is 2.69. The first kappa shape index (κ1) is 32.9. The Morgan fingerprint density at radius 3 is 2.18 bits per heavy atom. The number of allylic oxidation sites excluding steroid dienone is 2. The van der Waals surface area contributed by atoms with E-state index in [1.807, 2.05) is 0 Å². The molecule has 6 rings (SSSR count). The number of aliphatic hydroxyl groups excluding tert-OH is 3. The first-order chi connectivity index (χ1) is 20.4. The van der Waals surface area contributed by atoms with Gasteiger partial charge in [0.15, 0.2) is 0 Å². The normalized spacial score (nSPS) is 52.9. The van der Waals surface area contributed by atoms with Gasteiger partial charge in [-0.2, -0.15) is 0 Å². The van der Waals surface area contributed by atoms with Gasteiger partial charge in [-0.05, 0) is 121 Å². The summed E-state index contributed by atoms with van der Waals surface area (Å²) in [6, 6.07) is 0. The van der Waals surface area contributed by atoms with Crippen LogP contribution in [0.3, 0.4) is 0 Å². The van der Waals surface area contributed by atoms with Gasteiger partial charge in [0.05, 0.1) is 11.5 Å². The zero-order valence-electron chi connectivity index (χ0n) is 28.2. The molecule has 0 bridgehead atoms. The summed E-state index contributed by atoms with van der Waals surface area (Å²) in [5.41, 5.74) is 1.14. The highest BCUT2D eigenvalue weighted by atomic mass is 19.1. The van der Waals surface area contributed by atoms with Crippen molar-refractivity contribution in [3.8, 4) is 0 Å². The molecule has 7 heteroatoms. The van der Waals surface area contributed by atoms with E-state index >= 15 is 0 Å². The standard InChI is InChI=1S/C37H59FO6/c1-32(2)14-16-37(31(42)43)17-15-35(6)22(23(37)19-32)8-9-27-34(5)12-10-21(33(3,4)26(34)11-13-36(27,35)7)18-24-28(39)30(41)29(40)25(20-38)44-24/h8,21,23-30,39-41H,9-20H2,1-7H3,(H,42,43)/t21?,23?,24-,25?,26?,27?,28?,29+,30?,34-,35+,36+,37-/m0/s1. The molecule has 6 aliphatic rings. The number of halogens is 1. The third-order valence-electron chi connectivity index (χ3n) is 15.8. The lowest BCUT2D eigenvalue weighted by Gasteiger charge is -2.71. The number of aliphatic carboxylic acids is 1. The van der Waals surface area contributed by atoms with Crippen LogP contribution in [0.15, 0.2) is 11.6 Å². The summed E-state index contributed by atoms with van der Waals surface area (Å²) < 4.78 is 19.5. The number of aliphatic hydroxyl groups is 3. The fourth-order valence-electron chi connectivity index (χ4n) is 12.8. The lowest BCUT2D eigenvalue weighted by Crippen LogP contribution is -2.65. The Bertz CT molecular complexity index is 1180. The Balaban J connectivity index is 1.29. The lowest BCUT2D eigenvalue weighted by molar-refractivity contribution is -0.237. The Kier molecular flexibility index (Phi) is 7.84. The second-order valence-corrected chi connectivity index (χ2v) is 18.3. The second-order valence-electron chi connectivity index (χ2n) is 18.3. The summed E-state index contributed by atoms with van der Waals surface area (Å²) in [7, 11) is 0. The smallest absolute Gasteiger partial charge is 0.310 e. The second kappa shape index (κ2) is 10.5. The summed E-state index contributed by atoms with van der Waals surface area (Å²) >= 11 is 0. The van der Waals surface area contributed by atoms with Gasteiger partial charge in [-0.25, -0.2) is 4.39 Å². The van der Waals surface area contributed by atoms with Crippen LogP contribution < -0.4 is 0 Å². The molecule has 5 aliphatic carbocycles. The summed E-state index contributed by atoms with van der Waals surface area (Å²) in [5, 5.41) is 42.1. The Labute approximate surface area is 264 Å². The molecule has 0 radical (unpaired) electrons. The van der Waals surface area contributed by atoms with Crippen molar-refractivity contribution in [3.63, 3.8) is 0 Å². The minimum Gasteiger partial charge on any atom is -0.481 e. The maximum atomic E-state index is 13.6. The number of ether oxygens (including phenoxy) is 1. The number of carboxylic acid groups (broad SMARTS) is 1. The van der Waals surface area contributed by atoms with Crippen LogP contribution in [0.5, 0.6) is 0 Å². The summed E-state index contributed by atoms with van der Waals surface area (Å²) in [5.74, 6) is 0.737. The molecule has 1 saturated heterocycles. The van der Waals surface area contributed by atoms with Crippen LogP contribution in [0.25, 0.3) is 0 Å². The van der Waals surface area contributed by atoms with Crippen LogP contribution in [-0.4, -0.2) is 63.6 Å². The van der Waals surface area contributed by atoms with Crippen molar-refractivity contribution in [2.24, 2.45) is 56.2 Å². The fraction of sp³-hybridized carbons (Fsp3) is 0.919. The first-order valence-electron chi connectivity index (χ1n) is 17.6. The van der Waals surface area contributed by atoms with E-state index in [0.717, 1.165) is 64.2 Å². The van der Waals surface area contributed by atoms with Crippen LogP contribution >= 0.6 is 0 Å². The van der Waals surface area contributed by atoms with Crippen LogP contribution in [0.1, 0.15) is 119 Å². The molecule has 4 N–H and O–H groups in total. The Morgan fingerprint density at radius 1 is 0.864 bits per heavy atom. The van der Waals surface area contributed by atoms with E-state index in [4.69, 9.17) is 4.74 Å². The molecule has 250 valence electrons. The van der Waals surface area contributed by atoms with Gasteiger partial charge in [-0.1, -0.05) is 60.1 Å². The molecular formula is C37H59FO6. The van der Waals surface area contributed by atoms with Crippen molar-refractivity contribution in [2.75, 3.05) is 6.67 Å². The largest absolute Gasteiger partial charge is 0.481 e. The molecular weight excluding hydrogens is 559 g/mol. The van der Waals surface area contributed by atoms with Gasteiger partial charge < -0.3 is 25.2 Å². The predicted octanol–water partition coefficient (Wildman–Crippen LogP) is 6.70. The molecule has 6 nitrogen and oxygen atoms in total. The molecule has 0 aromatic heterocycles. The number of alkyl halides is 1. The van der Waals surface area contributed by atoms with Crippen LogP contribution in [0.4, 0.5) is 4.39 Å². The third-order valence-corrected chi connectivity index (χ3v) is 15.8. The molecule has 0 aromatic carbocycles. The van der Waals surface area contributed by atoms with Crippen molar-refractivity contribution >= 4 is 5.97 Å². The molecule has 1 aliphatic heterocycles. The van der Waals surface area contributed by atoms with Gasteiger partial charge in [-0.3, -0.25) is 4.79 Å². The molecule has 13 atom stereocenters. The number of carbonyl (C=O) groups is 1. The number of rotatable bonds is 4. The Hall–Kier alpha value is -1.02. The molecule has 4 saturated carbocycles. The highest BCUT2D eigenvalue weighted by molar-refractivity contribution is 5.76. The molecule has 5 fully saturated rings. The van der Waals surface area contributed by atoms with E-state index in [9.17, 15) is 29.6 Å². The Morgan fingerprint density at radius 2 is 1.52 bits per heavy atom. The van der Waals surface area contributed by atoms with Gasteiger partial charge in [0.1, 0.15) is 31.1 Å². The van der Waals surface area contributed by atoms with Crippen molar-refractivity contribution in [2.45, 2.75) is 150 Å². The zero-order chi connectivity index (χ0) is 32.3. The number of hydrogen-bond acceptors (Lipinski definition) is 5. The van der Waals surface area contributed by atoms with Crippen molar-refractivity contribution in [1.29, 1.82) is 0 Å². The average Bonchev–Trinajstić information content (AvgIpc) is 2.94. The van der Waals surface area contributed by atoms with Crippen molar-refractivity contribution in [3.05, 3.63) is 11.6 Å². The van der Waals surface area contributed by atoms with Crippen LogP contribution in [0.2, 0.25) is 0 Å². The maximum Gasteiger partial charge on any atom is 0.310 e. The highest BCUT2D eigenvalue weighted by Crippen LogP contribution is 2.76. The van der Waals surface area contributed by atoms with E-state index in [1.165, 1.54) is 5.57 Å². The monoisotopic (exact) mass is 618 g/mol. The number of fused-ring (bicyclic) bond motifs is 7. The third kappa shape index (κ3) is 4.40. The van der Waals surface area contributed by atoms with Crippen LogP contribution in [-0.2, 0) is 9.53 Å². The van der Waals surface area contributed by atoms with Gasteiger partial charge in [0.25, 0.3) is 0 Å². The predicted molar refractivity (Wildman–Crippen MR) is 167 cm³/mol. The summed E-state index contributed by atoms with van der Waals surface area (Å²) in [4.78, 5) is 12.9. The summed E-state index contributed by atoms with van der Waals surface area (Å²) in [6.45, 7) is 16.0. The molecule has 0 amide bonds. The van der Waals surface area contributed by atoms with Gasteiger partial charge >= 0.3 is 5.97 Å². The van der Waals surface area contributed by atoms with Gasteiger partial charge in [0, 0.05) is 0 Å². The van der Waals surface area contributed by atoms with E-state index < -0.39 is 48.6 Å². The van der Waals surface area contributed by atoms with E-state index in [-0.39, 0.29) is 38.9 Å². The van der Waals surface area contributed by atoms with Gasteiger partial charge in [-0.15, -0.1) is 0 Å². The zero-order valence-corrected chi connectivity index (χ0v) is 28.2. The SMILES string of the molecule is CC1(C)CC[C@]2(C(=O)O)CC[C@]3(C)C(=CCC4[C@@]5(C)CCC(C[C@@H]6OC(CF)[C@@H](O)C(O)C6O)C(C)(C)C5CC[C@]43C)C2C1. The van der Waals surface area contributed by atoms with Crippen molar-refractivity contribution < 1.29 is 34.3 Å². The molecule has 7 unspecified atom stereocenters. The number of hydrogen-bond donors (Lipinski definition) is 4. The fourth-order valence-corrected chi connectivity index (χ4v) is 12.8. The first-order valence-corrected chi connectivity index (χ1v) is 17.6. The number of carboxylic acids is 1. The topological polar surface area (TPSA) is 107 Å². The minimum absolute atomic E-state index is 0.0136. The molecule has 0 aromatic rings. The maximum absolute atomic E-state index is 13.6.